The zero-order chi connectivity index (χ0) is 15.5. The minimum Gasteiger partial charge on any atom is -0.326 e. The predicted octanol–water partition coefficient (Wildman–Crippen LogP) is 2.73. The second-order valence-corrected chi connectivity index (χ2v) is 7.58. The van der Waals surface area contributed by atoms with E-state index in [2.05, 4.69) is 15.9 Å². The molecule has 21 heavy (non-hydrogen) atoms. The van der Waals surface area contributed by atoms with Crippen LogP contribution in [0.3, 0.4) is 0 Å². The molecule has 0 aliphatic rings. The van der Waals surface area contributed by atoms with E-state index in [1.54, 1.807) is 25.2 Å². The van der Waals surface area contributed by atoms with E-state index in [4.69, 9.17) is 5.73 Å². The van der Waals surface area contributed by atoms with Crippen molar-refractivity contribution in [2.75, 3.05) is 7.05 Å². The Kier molecular flexibility index (Phi) is 5.16. The molecule has 0 saturated carbocycles. The van der Waals surface area contributed by atoms with Gasteiger partial charge in [-0.05, 0) is 39.2 Å². The van der Waals surface area contributed by atoms with Crippen molar-refractivity contribution < 1.29 is 8.42 Å². The third-order valence-electron chi connectivity index (χ3n) is 3.17. The molecule has 0 spiro atoms. The van der Waals surface area contributed by atoms with Gasteiger partial charge in [0.1, 0.15) is 0 Å². The van der Waals surface area contributed by atoms with Gasteiger partial charge in [0.15, 0.2) is 0 Å². The fourth-order valence-corrected chi connectivity index (χ4v) is 4.10. The van der Waals surface area contributed by atoms with E-state index in [-0.39, 0.29) is 4.90 Å². The average Bonchev–Trinajstić information content (AvgIpc) is 2.48. The molecular formula is C15H17BrN2O2S. The molecule has 0 bridgehead atoms. The Morgan fingerprint density at radius 2 is 1.76 bits per heavy atom. The lowest BCUT2D eigenvalue weighted by molar-refractivity contribution is 0.466. The summed E-state index contributed by atoms with van der Waals surface area (Å²) in [5, 5.41) is 0. The summed E-state index contributed by atoms with van der Waals surface area (Å²) < 4.78 is 27.2. The average molecular weight is 369 g/mol. The highest BCUT2D eigenvalue weighted by atomic mass is 79.9. The molecule has 4 nitrogen and oxygen atoms in total. The quantitative estimate of drug-likeness (QED) is 0.882. The normalized spacial score (nSPS) is 11.8. The summed E-state index contributed by atoms with van der Waals surface area (Å²) >= 11 is 3.30. The number of halogens is 1. The first-order valence-corrected chi connectivity index (χ1v) is 8.67. The minimum atomic E-state index is -3.57. The predicted molar refractivity (Wildman–Crippen MR) is 87.1 cm³/mol. The maximum atomic E-state index is 12.7. The van der Waals surface area contributed by atoms with Gasteiger partial charge in [-0.3, -0.25) is 0 Å². The van der Waals surface area contributed by atoms with Crippen LogP contribution in [0.25, 0.3) is 0 Å². The van der Waals surface area contributed by atoms with Gasteiger partial charge >= 0.3 is 0 Å². The third kappa shape index (κ3) is 3.71. The van der Waals surface area contributed by atoms with Crippen molar-refractivity contribution in [1.82, 2.24) is 4.31 Å². The fourth-order valence-electron chi connectivity index (χ4n) is 1.97. The molecule has 2 aromatic rings. The molecule has 0 atom stereocenters. The molecule has 0 saturated heterocycles. The second kappa shape index (κ2) is 6.70. The number of sulfonamides is 1. The van der Waals surface area contributed by atoms with Crippen LogP contribution >= 0.6 is 15.9 Å². The topological polar surface area (TPSA) is 63.4 Å². The van der Waals surface area contributed by atoms with E-state index in [9.17, 15) is 8.42 Å². The molecule has 0 amide bonds. The first kappa shape index (κ1) is 16.2. The lowest BCUT2D eigenvalue weighted by atomic mass is 10.2. The van der Waals surface area contributed by atoms with Crippen molar-refractivity contribution in [3.8, 4) is 0 Å². The lowest BCUT2D eigenvalue weighted by Crippen LogP contribution is -2.27. The van der Waals surface area contributed by atoms with Gasteiger partial charge in [0.25, 0.3) is 0 Å². The first-order valence-electron chi connectivity index (χ1n) is 6.44. The van der Waals surface area contributed by atoms with Crippen LogP contribution in [-0.2, 0) is 23.1 Å². The zero-order valence-electron chi connectivity index (χ0n) is 11.7. The van der Waals surface area contributed by atoms with Crippen LogP contribution in [0.4, 0.5) is 0 Å². The van der Waals surface area contributed by atoms with Crippen molar-refractivity contribution in [3.63, 3.8) is 0 Å². The Morgan fingerprint density at radius 3 is 2.38 bits per heavy atom. The molecule has 2 N–H and O–H groups in total. The van der Waals surface area contributed by atoms with Gasteiger partial charge in [-0.1, -0.05) is 36.4 Å². The molecule has 0 fully saturated rings. The van der Waals surface area contributed by atoms with Gasteiger partial charge in [0.05, 0.1) is 4.90 Å². The lowest BCUT2D eigenvalue weighted by Gasteiger charge is -2.18. The maximum absolute atomic E-state index is 12.7. The number of nitrogens with zero attached hydrogens (tertiary/aromatic N) is 1. The highest BCUT2D eigenvalue weighted by Gasteiger charge is 2.23. The molecule has 2 aromatic carbocycles. The molecule has 6 heteroatoms. The summed E-state index contributed by atoms with van der Waals surface area (Å²) in [6.07, 6.45) is 0. The van der Waals surface area contributed by atoms with E-state index in [0.29, 0.717) is 17.6 Å². The summed E-state index contributed by atoms with van der Waals surface area (Å²) in [6, 6.07) is 14.6. The van der Waals surface area contributed by atoms with Crippen LogP contribution in [0.2, 0.25) is 0 Å². The number of hydrogen-bond donors (Lipinski definition) is 1. The molecule has 0 aliphatic carbocycles. The number of rotatable bonds is 5. The molecule has 0 unspecified atom stereocenters. The van der Waals surface area contributed by atoms with Crippen molar-refractivity contribution in [3.05, 3.63) is 64.1 Å². The standard InChI is InChI=1S/C15H17BrN2O2S/c1-18(11-12-5-3-2-4-6-12)21(19,20)15-9-13(10-17)7-8-14(15)16/h2-9H,10-11,17H2,1H3. The molecule has 0 radical (unpaired) electrons. The molecule has 2 rings (SSSR count). The highest BCUT2D eigenvalue weighted by Crippen LogP contribution is 2.26. The van der Waals surface area contributed by atoms with Gasteiger partial charge < -0.3 is 5.73 Å². The minimum absolute atomic E-state index is 0.240. The van der Waals surface area contributed by atoms with E-state index < -0.39 is 10.0 Å². The summed E-state index contributed by atoms with van der Waals surface area (Å²) in [5.74, 6) is 0. The highest BCUT2D eigenvalue weighted by molar-refractivity contribution is 9.10. The first-order chi connectivity index (χ1) is 9.95. The van der Waals surface area contributed by atoms with Crippen molar-refractivity contribution in [2.45, 2.75) is 18.0 Å². The van der Waals surface area contributed by atoms with E-state index in [1.807, 2.05) is 30.3 Å². The Morgan fingerprint density at radius 1 is 1.10 bits per heavy atom. The Balaban J connectivity index is 2.33. The molecule has 0 heterocycles. The maximum Gasteiger partial charge on any atom is 0.244 e. The van der Waals surface area contributed by atoms with Gasteiger partial charge in [-0.15, -0.1) is 0 Å². The van der Waals surface area contributed by atoms with Crippen molar-refractivity contribution in [2.24, 2.45) is 5.73 Å². The largest absolute Gasteiger partial charge is 0.326 e. The van der Waals surface area contributed by atoms with Crippen LogP contribution in [0, 0.1) is 0 Å². The van der Waals surface area contributed by atoms with Gasteiger partial charge in [-0.2, -0.15) is 4.31 Å². The number of benzene rings is 2. The molecule has 0 aliphatic heterocycles. The summed E-state index contributed by atoms with van der Waals surface area (Å²) in [7, 11) is -2.00. The van der Waals surface area contributed by atoms with Gasteiger partial charge in [0, 0.05) is 24.6 Å². The van der Waals surface area contributed by atoms with Crippen molar-refractivity contribution >= 4 is 26.0 Å². The summed E-state index contributed by atoms with van der Waals surface area (Å²) in [6.45, 7) is 0.626. The van der Waals surface area contributed by atoms with Crippen LogP contribution < -0.4 is 5.73 Å². The Bertz CT molecular complexity index is 718. The van der Waals surface area contributed by atoms with Crippen LogP contribution in [0.5, 0.6) is 0 Å². The summed E-state index contributed by atoms with van der Waals surface area (Å²) in [5.41, 5.74) is 7.31. The fraction of sp³-hybridized carbons (Fsp3) is 0.200. The Hall–Kier alpha value is -1.21. The van der Waals surface area contributed by atoms with Crippen LogP contribution in [0.15, 0.2) is 57.9 Å². The smallest absolute Gasteiger partial charge is 0.244 e. The van der Waals surface area contributed by atoms with Crippen LogP contribution in [-0.4, -0.2) is 19.8 Å². The molecule has 112 valence electrons. The van der Waals surface area contributed by atoms with E-state index >= 15 is 0 Å². The second-order valence-electron chi connectivity index (χ2n) is 4.72. The third-order valence-corrected chi connectivity index (χ3v) is 5.96. The summed E-state index contributed by atoms with van der Waals surface area (Å²) in [4.78, 5) is 0.240. The van der Waals surface area contributed by atoms with E-state index in [1.165, 1.54) is 4.31 Å². The van der Waals surface area contributed by atoms with Gasteiger partial charge in [0.2, 0.25) is 10.0 Å². The van der Waals surface area contributed by atoms with E-state index in [0.717, 1.165) is 11.1 Å². The van der Waals surface area contributed by atoms with Crippen molar-refractivity contribution in [1.29, 1.82) is 0 Å². The van der Waals surface area contributed by atoms with Crippen LogP contribution in [0.1, 0.15) is 11.1 Å². The monoisotopic (exact) mass is 368 g/mol. The Labute approximate surface area is 133 Å². The number of nitrogens with two attached hydrogens (primary N) is 1. The molecule has 0 aromatic heterocycles. The number of hydrogen-bond acceptors (Lipinski definition) is 3. The zero-order valence-corrected chi connectivity index (χ0v) is 14.1. The molecular weight excluding hydrogens is 352 g/mol. The van der Waals surface area contributed by atoms with Gasteiger partial charge in [-0.25, -0.2) is 8.42 Å². The SMILES string of the molecule is CN(Cc1ccccc1)S(=O)(=O)c1cc(CN)ccc1Br.